The lowest BCUT2D eigenvalue weighted by Crippen LogP contribution is -2.14. The molecule has 0 saturated heterocycles. The van der Waals surface area contributed by atoms with Crippen LogP contribution >= 0.6 is 12.2 Å². The number of nitrogens with one attached hydrogen (secondary N) is 1. The number of nitrogens with two attached hydrogens (primary N) is 1. The first-order valence-corrected chi connectivity index (χ1v) is 6.89. The maximum Gasteiger partial charge on any atom is 0.255 e. The van der Waals surface area contributed by atoms with Crippen LogP contribution in [0.5, 0.6) is 11.5 Å². The molecule has 0 spiro atoms. The van der Waals surface area contributed by atoms with Gasteiger partial charge in [0.2, 0.25) is 0 Å². The average molecular weight is 316 g/mol. The fourth-order valence-electron chi connectivity index (χ4n) is 1.88. The Kier molecular flexibility index (Phi) is 4.95. The summed E-state index contributed by atoms with van der Waals surface area (Å²) in [5.74, 6) is 0.918. The van der Waals surface area contributed by atoms with Gasteiger partial charge in [-0.2, -0.15) is 0 Å². The molecule has 0 radical (unpaired) electrons. The highest BCUT2D eigenvalue weighted by Gasteiger charge is 2.11. The summed E-state index contributed by atoms with van der Waals surface area (Å²) in [4.78, 5) is 12.6. The molecule has 0 heterocycles. The van der Waals surface area contributed by atoms with E-state index in [4.69, 9.17) is 27.4 Å². The predicted molar refractivity (Wildman–Crippen MR) is 89.8 cm³/mol. The summed E-state index contributed by atoms with van der Waals surface area (Å²) in [5, 5.41) is 2.79. The van der Waals surface area contributed by atoms with Gasteiger partial charge in [0.15, 0.2) is 0 Å². The molecule has 2 aromatic rings. The van der Waals surface area contributed by atoms with E-state index in [0.717, 1.165) is 0 Å². The van der Waals surface area contributed by atoms with Crippen molar-refractivity contribution < 1.29 is 14.3 Å². The highest BCUT2D eigenvalue weighted by atomic mass is 32.1. The summed E-state index contributed by atoms with van der Waals surface area (Å²) >= 11 is 4.88. The number of hydrogen-bond donors (Lipinski definition) is 2. The molecule has 0 aliphatic carbocycles. The highest BCUT2D eigenvalue weighted by molar-refractivity contribution is 7.80. The second kappa shape index (κ2) is 6.91. The van der Waals surface area contributed by atoms with Gasteiger partial charge in [0.05, 0.1) is 19.9 Å². The van der Waals surface area contributed by atoms with Crippen LogP contribution in [0.25, 0.3) is 0 Å². The maximum absolute atomic E-state index is 12.3. The van der Waals surface area contributed by atoms with Gasteiger partial charge >= 0.3 is 0 Å². The van der Waals surface area contributed by atoms with Crippen molar-refractivity contribution in [1.82, 2.24) is 0 Å². The summed E-state index contributed by atoms with van der Waals surface area (Å²) in [6.45, 7) is 0. The van der Waals surface area contributed by atoms with E-state index in [2.05, 4.69) is 5.32 Å². The molecular weight excluding hydrogens is 300 g/mol. The van der Waals surface area contributed by atoms with Crippen LogP contribution in [-0.4, -0.2) is 25.1 Å². The lowest BCUT2D eigenvalue weighted by Gasteiger charge is -2.11. The van der Waals surface area contributed by atoms with Crippen LogP contribution in [-0.2, 0) is 0 Å². The number of carbonyl (C=O) groups excluding carboxylic acids is 1. The van der Waals surface area contributed by atoms with E-state index in [1.165, 1.54) is 7.11 Å². The minimum atomic E-state index is -0.252. The smallest absolute Gasteiger partial charge is 0.255 e. The summed E-state index contributed by atoms with van der Waals surface area (Å²) in [7, 11) is 3.10. The zero-order valence-electron chi connectivity index (χ0n) is 12.3. The van der Waals surface area contributed by atoms with Crippen molar-refractivity contribution in [3.8, 4) is 11.5 Å². The first-order valence-electron chi connectivity index (χ1n) is 6.48. The van der Waals surface area contributed by atoms with E-state index in [9.17, 15) is 4.79 Å². The fourth-order valence-corrected chi connectivity index (χ4v) is 2.02. The zero-order chi connectivity index (χ0) is 16.1. The monoisotopic (exact) mass is 316 g/mol. The summed E-state index contributed by atoms with van der Waals surface area (Å²) in [6, 6.07) is 11.9. The first-order chi connectivity index (χ1) is 10.5. The number of ether oxygens (including phenoxy) is 2. The van der Waals surface area contributed by atoms with Crippen molar-refractivity contribution in [2.45, 2.75) is 0 Å². The Morgan fingerprint density at radius 3 is 2.23 bits per heavy atom. The molecule has 2 aromatic carbocycles. The van der Waals surface area contributed by atoms with E-state index in [0.29, 0.717) is 33.3 Å². The molecule has 22 heavy (non-hydrogen) atoms. The Bertz CT molecular complexity index is 699. The van der Waals surface area contributed by atoms with E-state index in [1.807, 2.05) is 0 Å². The van der Waals surface area contributed by atoms with Gasteiger partial charge in [-0.05, 0) is 24.3 Å². The zero-order valence-corrected chi connectivity index (χ0v) is 13.1. The van der Waals surface area contributed by atoms with Crippen molar-refractivity contribution >= 4 is 28.8 Å². The number of amides is 1. The van der Waals surface area contributed by atoms with Crippen molar-refractivity contribution in [3.63, 3.8) is 0 Å². The maximum atomic E-state index is 12.3. The van der Waals surface area contributed by atoms with E-state index in [-0.39, 0.29) is 5.91 Å². The summed E-state index contributed by atoms with van der Waals surface area (Å²) in [6.07, 6.45) is 0. The van der Waals surface area contributed by atoms with Gasteiger partial charge in [-0.15, -0.1) is 0 Å². The third-order valence-electron chi connectivity index (χ3n) is 3.09. The molecule has 0 atom stereocenters. The van der Waals surface area contributed by atoms with Gasteiger partial charge in [-0.1, -0.05) is 24.4 Å². The SMILES string of the molecule is COc1ccc(NC(=O)c2ccc(C(N)=S)cc2)c(OC)c1. The minimum absolute atomic E-state index is 0.252. The van der Waals surface area contributed by atoms with Crippen molar-refractivity contribution in [3.05, 3.63) is 53.6 Å². The number of rotatable bonds is 5. The molecular formula is C16H16N2O3S. The number of hydrogen-bond acceptors (Lipinski definition) is 4. The average Bonchev–Trinajstić information content (AvgIpc) is 2.55. The molecule has 5 nitrogen and oxygen atoms in total. The van der Waals surface area contributed by atoms with Crippen molar-refractivity contribution in [1.29, 1.82) is 0 Å². The lowest BCUT2D eigenvalue weighted by molar-refractivity contribution is 0.102. The normalized spacial score (nSPS) is 9.91. The molecule has 0 aliphatic heterocycles. The number of methoxy groups -OCH3 is 2. The lowest BCUT2D eigenvalue weighted by atomic mass is 10.1. The minimum Gasteiger partial charge on any atom is -0.497 e. The van der Waals surface area contributed by atoms with Crippen LogP contribution in [0.4, 0.5) is 5.69 Å². The molecule has 0 bridgehead atoms. The van der Waals surface area contributed by atoms with Crippen LogP contribution in [0.2, 0.25) is 0 Å². The van der Waals surface area contributed by atoms with Gasteiger partial charge < -0.3 is 20.5 Å². The summed E-state index contributed by atoms with van der Waals surface area (Å²) in [5.41, 5.74) is 7.31. The third-order valence-corrected chi connectivity index (χ3v) is 3.32. The molecule has 2 rings (SSSR count). The van der Waals surface area contributed by atoms with Crippen LogP contribution < -0.4 is 20.5 Å². The Balaban J connectivity index is 2.19. The van der Waals surface area contributed by atoms with Crippen LogP contribution in [0.3, 0.4) is 0 Å². The van der Waals surface area contributed by atoms with Crippen LogP contribution in [0, 0.1) is 0 Å². The summed E-state index contributed by atoms with van der Waals surface area (Å²) < 4.78 is 10.4. The van der Waals surface area contributed by atoms with Gasteiger partial charge in [-0.25, -0.2) is 0 Å². The molecule has 0 saturated carbocycles. The first kappa shape index (κ1) is 15.8. The van der Waals surface area contributed by atoms with Gasteiger partial charge in [-0.3, -0.25) is 4.79 Å². The molecule has 6 heteroatoms. The molecule has 0 unspecified atom stereocenters. The highest BCUT2D eigenvalue weighted by Crippen LogP contribution is 2.29. The fraction of sp³-hybridized carbons (Fsp3) is 0.125. The van der Waals surface area contributed by atoms with Gasteiger partial charge in [0, 0.05) is 17.2 Å². The Hall–Kier alpha value is -2.60. The second-order valence-electron chi connectivity index (χ2n) is 4.46. The Morgan fingerprint density at radius 1 is 1.05 bits per heavy atom. The van der Waals surface area contributed by atoms with Gasteiger partial charge in [0.25, 0.3) is 5.91 Å². The largest absolute Gasteiger partial charge is 0.497 e. The Morgan fingerprint density at radius 2 is 1.68 bits per heavy atom. The van der Waals surface area contributed by atoms with E-state index < -0.39 is 0 Å². The van der Waals surface area contributed by atoms with Gasteiger partial charge in [0.1, 0.15) is 16.5 Å². The number of thiocarbonyl (C=S) groups is 1. The molecule has 0 aromatic heterocycles. The number of carbonyl (C=O) groups is 1. The van der Waals surface area contributed by atoms with E-state index >= 15 is 0 Å². The standard InChI is InChI=1S/C16H16N2O3S/c1-20-12-7-8-13(14(9-12)21-2)18-16(19)11-5-3-10(4-6-11)15(17)22/h3-9H,1-2H3,(H2,17,22)(H,18,19). The third kappa shape index (κ3) is 3.53. The number of benzene rings is 2. The molecule has 1 amide bonds. The van der Waals surface area contributed by atoms with Crippen molar-refractivity contribution in [2.24, 2.45) is 5.73 Å². The topological polar surface area (TPSA) is 73.6 Å². The quantitative estimate of drug-likeness (QED) is 0.830. The molecule has 0 fully saturated rings. The predicted octanol–water partition coefficient (Wildman–Crippen LogP) is 2.59. The second-order valence-corrected chi connectivity index (χ2v) is 4.90. The molecule has 3 N–H and O–H groups in total. The van der Waals surface area contributed by atoms with E-state index in [1.54, 1.807) is 49.6 Å². The number of anilines is 1. The molecule has 0 aliphatic rings. The van der Waals surface area contributed by atoms with Crippen molar-refractivity contribution in [2.75, 3.05) is 19.5 Å². The van der Waals surface area contributed by atoms with Crippen LogP contribution in [0.1, 0.15) is 15.9 Å². The van der Waals surface area contributed by atoms with Crippen LogP contribution in [0.15, 0.2) is 42.5 Å². The Labute approximate surface area is 134 Å². The molecule has 114 valence electrons.